The van der Waals surface area contributed by atoms with Gasteiger partial charge in [-0.2, -0.15) is 4.31 Å². The zero-order chi connectivity index (χ0) is 17.3. The molecule has 4 nitrogen and oxygen atoms in total. The van der Waals surface area contributed by atoms with Crippen molar-refractivity contribution in [1.82, 2.24) is 9.21 Å². The van der Waals surface area contributed by atoms with E-state index in [0.717, 1.165) is 5.56 Å². The highest BCUT2D eigenvalue weighted by atomic mass is 35.5. The van der Waals surface area contributed by atoms with Gasteiger partial charge in [-0.25, -0.2) is 8.42 Å². The van der Waals surface area contributed by atoms with Gasteiger partial charge in [-0.1, -0.05) is 48.0 Å². The van der Waals surface area contributed by atoms with Gasteiger partial charge in [0.25, 0.3) is 0 Å². The Balaban J connectivity index is 2.05. The molecule has 0 saturated carbocycles. The molecule has 128 valence electrons. The van der Waals surface area contributed by atoms with Crippen LogP contribution in [0.15, 0.2) is 53.4 Å². The first kappa shape index (κ1) is 17.4. The molecule has 0 N–H and O–H groups in total. The molecular formula is C18H21ClN2O2S. The summed E-state index contributed by atoms with van der Waals surface area (Å²) in [6.45, 7) is 3.65. The summed E-state index contributed by atoms with van der Waals surface area (Å²) in [6.07, 6.45) is 0. The third-order valence-electron chi connectivity index (χ3n) is 4.46. The fourth-order valence-electron chi connectivity index (χ4n) is 3.12. The first-order valence-electron chi connectivity index (χ1n) is 7.91. The summed E-state index contributed by atoms with van der Waals surface area (Å²) in [7, 11) is -1.60. The largest absolute Gasteiger partial charge is 0.303 e. The minimum atomic E-state index is -3.61. The van der Waals surface area contributed by atoms with E-state index < -0.39 is 10.0 Å². The van der Waals surface area contributed by atoms with E-state index >= 15 is 0 Å². The van der Waals surface area contributed by atoms with Crippen LogP contribution in [-0.2, 0) is 10.0 Å². The maximum absolute atomic E-state index is 13.3. The van der Waals surface area contributed by atoms with E-state index in [0.29, 0.717) is 35.1 Å². The Kier molecular flexibility index (Phi) is 4.97. The van der Waals surface area contributed by atoms with Crippen LogP contribution in [0.4, 0.5) is 0 Å². The van der Waals surface area contributed by atoms with Crippen molar-refractivity contribution in [2.45, 2.75) is 17.9 Å². The van der Waals surface area contributed by atoms with Crippen LogP contribution in [0.3, 0.4) is 0 Å². The molecule has 1 aliphatic rings. The molecule has 1 fully saturated rings. The van der Waals surface area contributed by atoms with Crippen molar-refractivity contribution in [2.24, 2.45) is 0 Å². The third kappa shape index (κ3) is 3.35. The summed E-state index contributed by atoms with van der Waals surface area (Å²) in [5, 5.41) is 0.435. The topological polar surface area (TPSA) is 40.6 Å². The molecule has 0 amide bonds. The highest BCUT2D eigenvalue weighted by Gasteiger charge is 2.36. The quantitative estimate of drug-likeness (QED) is 0.838. The number of sulfonamides is 1. The Labute approximate surface area is 148 Å². The van der Waals surface area contributed by atoms with Gasteiger partial charge in [0.1, 0.15) is 0 Å². The molecule has 0 bridgehead atoms. The second kappa shape index (κ2) is 6.84. The summed E-state index contributed by atoms with van der Waals surface area (Å²) >= 11 is 6.05. The highest BCUT2D eigenvalue weighted by molar-refractivity contribution is 7.89. The zero-order valence-corrected chi connectivity index (χ0v) is 15.4. The minimum Gasteiger partial charge on any atom is -0.303 e. The lowest BCUT2D eigenvalue weighted by Crippen LogP contribution is -2.49. The normalized spacial score (nSPS) is 20.2. The van der Waals surface area contributed by atoms with Crippen molar-refractivity contribution in [3.05, 3.63) is 64.7 Å². The number of benzene rings is 2. The van der Waals surface area contributed by atoms with Gasteiger partial charge in [0.15, 0.2) is 0 Å². The lowest BCUT2D eigenvalue weighted by atomic mass is 10.1. The van der Waals surface area contributed by atoms with Crippen LogP contribution in [0.2, 0.25) is 5.02 Å². The van der Waals surface area contributed by atoms with Crippen molar-refractivity contribution in [2.75, 3.05) is 26.7 Å². The second-order valence-electron chi connectivity index (χ2n) is 6.21. The van der Waals surface area contributed by atoms with Crippen LogP contribution < -0.4 is 0 Å². The molecule has 1 heterocycles. The smallest absolute Gasteiger partial charge is 0.244 e. The van der Waals surface area contributed by atoms with E-state index in [-0.39, 0.29) is 6.04 Å². The summed E-state index contributed by atoms with van der Waals surface area (Å²) < 4.78 is 28.2. The number of piperazine rings is 1. The number of hydrogen-bond acceptors (Lipinski definition) is 3. The van der Waals surface area contributed by atoms with E-state index in [2.05, 4.69) is 4.90 Å². The first-order chi connectivity index (χ1) is 11.4. The van der Waals surface area contributed by atoms with Crippen LogP contribution in [0.1, 0.15) is 17.2 Å². The van der Waals surface area contributed by atoms with Crippen LogP contribution in [0.5, 0.6) is 0 Å². The molecule has 0 radical (unpaired) electrons. The summed E-state index contributed by atoms with van der Waals surface area (Å²) in [5.41, 5.74) is 1.72. The molecule has 6 heteroatoms. The van der Waals surface area contributed by atoms with Crippen LogP contribution in [0.25, 0.3) is 0 Å². The molecule has 1 unspecified atom stereocenters. The van der Waals surface area contributed by atoms with Gasteiger partial charge in [0.05, 0.1) is 10.9 Å². The Hall–Kier alpha value is -1.40. The van der Waals surface area contributed by atoms with Gasteiger partial charge in [0.2, 0.25) is 10.0 Å². The molecule has 3 rings (SSSR count). The van der Waals surface area contributed by atoms with Crippen LogP contribution in [-0.4, -0.2) is 44.3 Å². The fourth-order valence-corrected chi connectivity index (χ4v) is 5.20. The first-order valence-corrected chi connectivity index (χ1v) is 9.73. The molecule has 2 aromatic rings. The van der Waals surface area contributed by atoms with E-state index in [1.54, 1.807) is 29.4 Å². The lowest BCUT2D eigenvalue weighted by Gasteiger charge is -2.39. The molecule has 1 atom stereocenters. The second-order valence-corrected chi connectivity index (χ2v) is 8.51. The number of halogens is 1. The predicted molar refractivity (Wildman–Crippen MR) is 96.8 cm³/mol. The summed E-state index contributed by atoms with van der Waals surface area (Å²) in [4.78, 5) is 2.45. The predicted octanol–water partition coefficient (Wildman–Crippen LogP) is 3.33. The molecular weight excluding hydrogens is 344 g/mol. The van der Waals surface area contributed by atoms with E-state index in [1.165, 1.54) is 0 Å². The Morgan fingerprint density at radius 3 is 2.50 bits per heavy atom. The number of rotatable bonds is 3. The average Bonchev–Trinajstić information content (AvgIpc) is 2.57. The molecule has 0 spiro atoms. The number of likely N-dealkylation sites (N-methyl/N-ethyl adjacent to an activating group) is 1. The van der Waals surface area contributed by atoms with Crippen molar-refractivity contribution >= 4 is 21.6 Å². The van der Waals surface area contributed by atoms with Crippen molar-refractivity contribution in [3.63, 3.8) is 0 Å². The van der Waals surface area contributed by atoms with Crippen molar-refractivity contribution in [1.29, 1.82) is 0 Å². The number of nitrogens with zero attached hydrogens (tertiary/aromatic N) is 2. The standard InChI is InChI=1S/C18H21ClN2O2S/c1-14-8-9-16(19)12-18(14)24(22,23)21-11-10-20(2)13-17(21)15-6-4-3-5-7-15/h3-9,12,17H,10-11,13H2,1-2H3. The van der Waals surface area contributed by atoms with Gasteiger partial charge in [-0.15, -0.1) is 0 Å². The van der Waals surface area contributed by atoms with Crippen molar-refractivity contribution < 1.29 is 8.42 Å². The van der Waals surface area contributed by atoms with Crippen LogP contribution >= 0.6 is 11.6 Å². The van der Waals surface area contributed by atoms with E-state index in [9.17, 15) is 8.42 Å². The zero-order valence-electron chi connectivity index (χ0n) is 13.8. The average molecular weight is 365 g/mol. The Bertz CT molecular complexity index is 824. The molecule has 2 aromatic carbocycles. The number of aryl methyl sites for hydroxylation is 1. The molecule has 1 saturated heterocycles. The minimum absolute atomic E-state index is 0.201. The van der Waals surface area contributed by atoms with E-state index in [4.69, 9.17) is 11.6 Å². The SMILES string of the molecule is Cc1ccc(Cl)cc1S(=O)(=O)N1CCN(C)CC1c1ccccc1. The van der Waals surface area contributed by atoms with Crippen molar-refractivity contribution in [3.8, 4) is 0 Å². The monoisotopic (exact) mass is 364 g/mol. The molecule has 1 aliphatic heterocycles. The third-order valence-corrected chi connectivity index (χ3v) is 6.74. The Morgan fingerprint density at radius 1 is 1.08 bits per heavy atom. The molecule has 24 heavy (non-hydrogen) atoms. The van der Waals surface area contributed by atoms with Crippen LogP contribution in [0, 0.1) is 6.92 Å². The fraction of sp³-hybridized carbons (Fsp3) is 0.333. The molecule has 0 aromatic heterocycles. The van der Waals surface area contributed by atoms with Gasteiger partial charge >= 0.3 is 0 Å². The molecule has 0 aliphatic carbocycles. The number of hydrogen-bond donors (Lipinski definition) is 0. The summed E-state index contributed by atoms with van der Waals surface area (Å²) in [5.74, 6) is 0. The van der Waals surface area contributed by atoms with E-state index in [1.807, 2.05) is 37.4 Å². The maximum Gasteiger partial charge on any atom is 0.244 e. The van der Waals surface area contributed by atoms with Gasteiger partial charge in [-0.3, -0.25) is 0 Å². The lowest BCUT2D eigenvalue weighted by molar-refractivity contribution is 0.160. The summed E-state index contributed by atoms with van der Waals surface area (Å²) in [6, 6.07) is 14.6. The van der Waals surface area contributed by atoms with Gasteiger partial charge < -0.3 is 4.90 Å². The van der Waals surface area contributed by atoms with Gasteiger partial charge in [-0.05, 0) is 37.2 Å². The van der Waals surface area contributed by atoms with Gasteiger partial charge in [0, 0.05) is 24.7 Å². The maximum atomic E-state index is 13.3. The Morgan fingerprint density at radius 2 is 1.79 bits per heavy atom. The highest BCUT2D eigenvalue weighted by Crippen LogP contribution is 2.32.